The number of hydrogen-bond acceptors (Lipinski definition) is 2. The molecule has 0 aromatic rings. The maximum absolute atomic E-state index is 9.31. The van der Waals surface area contributed by atoms with Gasteiger partial charge in [-0.2, -0.15) is 0 Å². The second kappa shape index (κ2) is 6.53. The molecule has 1 saturated carbocycles. The summed E-state index contributed by atoms with van der Waals surface area (Å²) in [5, 5.41) is 9.31. The van der Waals surface area contributed by atoms with Crippen molar-refractivity contribution in [3.8, 4) is 0 Å². The molecule has 1 rings (SSSR count). The van der Waals surface area contributed by atoms with Crippen LogP contribution in [0.2, 0.25) is 16.6 Å². The molecular weight excluding hydrogens is 240 g/mol. The van der Waals surface area contributed by atoms with Crippen molar-refractivity contribution in [2.75, 3.05) is 6.61 Å². The van der Waals surface area contributed by atoms with E-state index in [9.17, 15) is 5.11 Å². The minimum absolute atomic E-state index is 0.0303. The Labute approximate surface area is 114 Å². The molecule has 108 valence electrons. The van der Waals surface area contributed by atoms with E-state index in [0.717, 1.165) is 25.9 Å². The van der Waals surface area contributed by atoms with E-state index < -0.39 is 8.32 Å². The van der Waals surface area contributed by atoms with Gasteiger partial charge in [-0.15, -0.1) is 0 Å². The van der Waals surface area contributed by atoms with E-state index in [1.165, 1.54) is 0 Å². The fourth-order valence-corrected chi connectivity index (χ4v) is 9.31. The third-order valence-electron chi connectivity index (χ3n) is 4.80. The Morgan fingerprint density at radius 2 is 1.44 bits per heavy atom. The van der Waals surface area contributed by atoms with E-state index in [2.05, 4.69) is 41.5 Å². The predicted octanol–water partition coefficient (Wildman–Crippen LogP) is 4.34. The van der Waals surface area contributed by atoms with Crippen LogP contribution in [-0.2, 0) is 4.43 Å². The van der Waals surface area contributed by atoms with Gasteiger partial charge in [-0.1, -0.05) is 41.5 Å². The molecule has 0 aromatic carbocycles. The van der Waals surface area contributed by atoms with Crippen LogP contribution in [0.5, 0.6) is 0 Å². The van der Waals surface area contributed by atoms with Crippen LogP contribution < -0.4 is 0 Å². The summed E-state index contributed by atoms with van der Waals surface area (Å²) < 4.78 is 6.51. The Kier molecular flexibility index (Phi) is 5.88. The summed E-state index contributed by atoms with van der Waals surface area (Å²) in [5.74, 6) is 0.707. The van der Waals surface area contributed by atoms with E-state index in [0.29, 0.717) is 22.5 Å². The highest BCUT2D eigenvalue weighted by Crippen LogP contribution is 2.42. The largest absolute Gasteiger partial charge is 0.416 e. The van der Waals surface area contributed by atoms with Gasteiger partial charge in [-0.05, 0) is 41.8 Å². The van der Waals surface area contributed by atoms with Crippen LogP contribution in [-0.4, -0.2) is 26.1 Å². The van der Waals surface area contributed by atoms with Crippen LogP contribution in [0, 0.1) is 5.92 Å². The van der Waals surface area contributed by atoms with Gasteiger partial charge in [0.25, 0.3) is 0 Å². The minimum Gasteiger partial charge on any atom is -0.416 e. The maximum Gasteiger partial charge on any atom is 0.200 e. The Morgan fingerprint density at radius 3 is 1.78 bits per heavy atom. The minimum atomic E-state index is -1.66. The predicted molar refractivity (Wildman–Crippen MR) is 80.3 cm³/mol. The smallest absolute Gasteiger partial charge is 0.200 e. The van der Waals surface area contributed by atoms with Crippen molar-refractivity contribution in [3.05, 3.63) is 0 Å². The van der Waals surface area contributed by atoms with Crippen molar-refractivity contribution >= 4 is 8.32 Å². The van der Waals surface area contributed by atoms with Gasteiger partial charge >= 0.3 is 0 Å². The molecule has 1 fully saturated rings. The molecule has 0 aromatic heterocycles. The third-order valence-corrected chi connectivity index (χ3v) is 10.9. The van der Waals surface area contributed by atoms with Crippen molar-refractivity contribution < 1.29 is 9.53 Å². The number of hydrogen-bond donors (Lipinski definition) is 1. The zero-order valence-corrected chi connectivity index (χ0v) is 14.1. The molecule has 0 bridgehead atoms. The fourth-order valence-electron chi connectivity index (χ4n) is 3.84. The third kappa shape index (κ3) is 3.37. The van der Waals surface area contributed by atoms with Crippen LogP contribution in [0.25, 0.3) is 0 Å². The van der Waals surface area contributed by atoms with Crippen LogP contribution >= 0.6 is 0 Å². The van der Waals surface area contributed by atoms with Crippen molar-refractivity contribution in [2.45, 2.75) is 83.5 Å². The van der Waals surface area contributed by atoms with E-state index in [1.807, 2.05) is 0 Å². The first kappa shape index (κ1) is 16.2. The highest BCUT2D eigenvalue weighted by atomic mass is 28.4. The molecule has 0 heterocycles. The summed E-state index contributed by atoms with van der Waals surface area (Å²) >= 11 is 0. The van der Waals surface area contributed by atoms with Crippen molar-refractivity contribution in [2.24, 2.45) is 5.92 Å². The van der Waals surface area contributed by atoms with Gasteiger partial charge in [0.15, 0.2) is 8.32 Å². The van der Waals surface area contributed by atoms with E-state index in [-0.39, 0.29) is 6.10 Å². The molecule has 0 radical (unpaired) electrons. The molecule has 0 amide bonds. The number of rotatable bonds is 7. The monoisotopic (exact) mass is 272 g/mol. The molecule has 0 atom stereocenters. The van der Waals surface area contributed by atoms with Crippen LogP contribution in [0.1, 0.15) is 60.8 Å². The molecule has 0 aliphatic heterocycles. The number of aliphatic hydroxyl groups excluding tert-OH is 1. The quantitative estimate of drug-likeness (QED) is 0.699. The summed E-state index contributed by atoms with van der Waals surface area (Å²) in [7, 11) is -1.66. The lowest BCUT2D eigenvalue weighted by atomic mass is 9.80. The Bertz CT molecular complexity index is 223. The molecule has 1 aliphatic carbocycles. The van der Waals surface area contributed by atoms with Gasteiger partial charge in [-0.25, -0.2) is 0 Å². The number of aliphatic hydroxyl groups is 1. The second-order valence-corrected chi connectivity index (χ2v) is 12.4. The van der Waals surface area contributed by atoms with Crippen molar-refractivity contribution in [3.63, 3.8) is 0 Å². The lowest BCUT2D eigenvalue weighted by molar-refractivity contribution is 0.0320. The molecule has 0 spiro atoms. The normalized spacial score (nSPS) is 25.0. The highest BCUT2D eigenvalue weighted by Gasteiger charge is 2.45. The average molecular weight is 273 g/mol. The molecule has 2 nitrogen and oxygen atoms in total. The first-order chi connectivity index (χ1) is 8.30. The lowest BCUT2D eigenvalue weighted by Crippen LogP contribution is -2.48. The first-order valence-electron chi connectivity index (χ1n) is 7.62. The van der Waals surface area contributed by atoms with Gasteiger partial charge in [0.1, 0.15) is 0 Å². The van der Waals surface area contributed by atoms with E-state index >= 15 is 0 Å². The lowest BCUT2D eigenvalue weighted by Gasteiger charge is -2.43. The van der Waals surface area contributed by atoms with Crippen molar-refractivity contribution in [1.82, 2.24) is 0 Å². The topological polar surface area (TPSA) is 29.5 Å². The van der Waals surface area contributed by atoms with Gasteiger partial charge < -0.3 is 9.53 Å². The molecule has 1 N–H and O–H groups in total. The zero-order valence-electron chi connectivity index (χ0n) is 13.1. The molecule has 1 aliphatic rings. The van der Waals surface area contributed by atoms with Crippen LogP contribution in [0.3, 0.4) is 0 Å². The first-order valence-corrected chi connectivity index (χ1v) is 9.76. The summed E-state index contributed by atoms with van der Waals surface area (Å²) in [6, 6.07) is 0. The van der Waals surface area contributed by atoms with Crippen LogP contribution in [0.4, 0.5) is 0 Å². The molecule has 0 unspecified atom stereocenters. The SMILES string of the molecule is CC(C)[Si](OCC[C@H]1C[C@H](O)C1)(C(C)C)C(C)C. The fraction of sp³-hybridized carbons (Fsp3) is 1.00. The van der Waals surface area contributed by atoms with Gasteiger partial charge in [-0.3, -0.25) is 0 Å². The second-order valence-electron chi connectivity index (χ2n) is 6.95. The van der Waals surface area contributed by atoms with Gasteiger partial charge in [0.05, 0.1) is 6.10 Å². The van der Waals surface area contributed by atoms with Gasteiger partial charge in [0.2, 0.25) is 0 Å². The van der Waals surface area contributed by atoms with Gasteiger partial charge in [0, 0.05) is 6.61 Å². The maximum atomic E-state index is 9.31. The van der Waals surface area contributed by atoms with Crippen molar-refractivity contribution in [1.29, 1.82) is 0 Å². The summed E-state index contributed by atoms with van der Waals surface area (Å²) in [6.45, 7) is 14.9. The Morgan fingerprint density at radius 1 is 1.00 bits per heavy atom. The zero-order chi connectivity index (χ0) is 13.9. The van der Waals surface area contributed by atoms with E-state index in [1.54, 1.807) is 0 Å². The standard InChI is InChI=1S/C15H32O2Si/c1-11(2)18(12(3)4,13(5)6)17-8-7-14-9-15(16)10-14/h11-16H,7-10H2,1-6H3/t14-,15-. The molecule has 0 saturated heterocycles. The average Bonchev–Trinajstić information content (AvgIpc) is 2.19. The Hall–Kier alpha value is 0.137. The molecule has 3 heteroatoms. The summed E-state index contributed by atoms with van der Waals surface area (Å²) in [4.78, 5) is 0. The highest BCUT2D eigenvalue weighted by molar-refractivity contribution is 6.77. The Balaban J connectivity index is 2.50. The molecule has 18 heavy (non-hydrogen) atoms. The molecular formula is C15H32O2Si. The summed E-state index contributed by atoms with van der Waals surface area (Å²) in [5.41, 5.74) is 2.01. The summed E-state index contributed by atoms with van der Waals surface area (Å²) in [6.07, 6.45) is 3.08. The van der Waals surface area contributed by atoms with E-state index in [4.69, 9.17) is 4.43 Å². The van der Waals surface area contributed by atoms with Crippen LogP contribution in [0.15, 0.2) is 0 Å².